The minimum absolute atomic E-state index is 0.0631. The van der Waals surface area contributed by atoms with Crippen LogP contribution in [0.5, 0.6) is 0 Å². The van der Waals surface area contributed by atoms with Gasteiger partial charge in [0.25, 0.3) is 0 Å². The van der Waals surface area contributed by atoms with E-state index in [4.69, 9.17) is 34.8 Å². The molecule has 0 aliphatic heterocycles. The molecule has 0 radical (unpaired) electrons. The second-order valence-corrected chi connectivity index (χ2v) is 10.1. The molecule has 0 aromatic heterocycles. The molecule has 4 nitrogen and oxygen atoms in total. The lowest BCUT2D eigenvalue weighted by atomic mass is 10.0. The van der Waals surface area contributed by atoms with E-state index in [0.29, 0.717) is 39.2 Å². The van der Waals surface area contributed by atoms with E-state index in [1.807, 2.05) is 62.4 Å². The van der Waals surface area contributed by atoms with Crippen LogP contribution in [0.2, 0.25) is 15.1 Å². The van der Waals surface area contributed by atoms with Crippen molar-refractivity contribution in [2.45, 2.75) is 39.3 Å². The first-order chi connectivity index (χ1) is 16.7. The van der Waals surface area contributed by atoms with Crippen LogP contribution >= 0.6 is 34.8 Å². The lowest BCUT2D eigenvalue weighted by Crippen LogP contribution is -2.51. The normalized spacial score (nSPS) is 11.8. The molecule has 1 atom stereocenters. The highest BCUT2D eigenvalue weighted by atomic mass is 35.5. The van der Waals surface area contributed by atoms with Gasteiger partial charge in [-0.25, -0.2) is 0 Å². The van der Waals surface area contributed by atoms with E-state index in [0.717, 1.165) is 5.56 Å². The van der Waals surface area contributed by atoms with Gasteiger partial charge in [0, 0.05) is 34.6 Å². The topological polar surface area (TPSA) is 49.4 Å². The van der Waals surface area contributed by atoms with E-state index in [1.165, 1.54) is 0 Å². The van der Waals surface area contributed by atoms with Crippen LogP contribution in [-0.4, -0.2) is 29.3 Å². The van der Waals surface area contributed by atoms with Crippen LogP contribution in [0.25, 0.3) is 0 Å². The number of halogens is 3. The van der Waals surface area contributed by atoms with Gasteiger partial charge in [-0.3, -0.25) is 9.59 Å². The average Bonchev–Trinajstić information content (AvgIpc) is 2.83. The SMILES string of the molecule is CC(C)CNC(=O)[C@H](Cc1ccccc1)N(Cc1ccc(Cl)cc1Cl)C(=O)Cc1ccccc1Cl. The van der Waals surface area contributed by atoms with Crippen LogP contribution < -0.4 is 5.32 Å². The zero-order chi connectivity index (χ0) is 25.4. The summed E-state index contributed by atoms with van der Waals surface area (Å²) in [5.74, 6) is -0.154. The quantitative estimate of drug-likeness (QED) is 0.320. The van der Waals surface area contributed by atoms with Crippen molar-refractivity contribution in [1.29, 1.82) is 0 Å². The van der Waals surface area contributed by atoms with Gasteiger partial charge in [0.1, 0.15) is 6.04 Å². The fraction of sp³-hybridized carbons (Fsp3) is 0.286. The summed E-state index contributed by atoms with van der Waals surface area (Å²) in [5.41, 5.74) is 2.36. The molecule has 3 rings (SSSR count). The molecule has 184 valence electrons. The number of hydrogen-bond donors (Lipinski definition) is 1. The first-order valence-corrected chi connectivity index (χ1v) is 12.7. The third-order valence-electron chi connectivity index (χ3n) is 5.61. The molecule has 3 aromatic rings. The van der Waals surface area contributed by atoms with Crippen molar-refractivity contribution < 1.29 is 9.59 Å². The standard InChI is InChI=1S/C28H29Cl3N2O2/c1-19(2)17-32-28(35)26(14-20-8-4-3-5-9-20)33(18-22-12-13-23(29)16-25(22)31)27(34)15-21-10-6-7-11-24(21)30/h3-13,16,19,26H,14-15,17-18H2,1-2H3,(H,32,35)/t26-/m0/s1. The second-order valence-electron chi connectivity index (χ2n) is 8.87. The number of amides is 2. The average molecular weight is 532 g/mol. The maximum absolute atomic E-state index is 13.7. The Hall–Kier alpha value is -2.53. The molecule has 0 saturated carbocycles. The highest BCUT2D eigenvalue weighted by Crippen LogP contribution is 2.25. The van der Waals surface area contributed by atoms with Crippen molar-refractivity contribution in [1.82, 2.24) is 10.2 Å². The minimum Gasteiger partial charge on any atom is -0.354 e. The van der Waals surface area contributed by atoms with Crippen LogP contribution in [-0.2, 0) is 29.0 Å². The van der Waals surface area contributed by atoms with Crippen molar-refractivity contribution in [2.24, 2.45) is 5.92 Å². The van der Waals surface area contributed by atoms with E-state index in [9.17, 15) is 9.59 Å². The van der Waals surface area contributed by atoms with E-state index in [-0.39, 0.29) is 30.7 Å². The number of hydrogen-bond acceptors (Lipinski definition) is 2. The lowest BCUT2D eigenvalue weighted by Gasteiger charge is -2.32. The molecular weight excluding hydrogens is 503 g/mol. The van der Waals surface area contributed by atoms with Crippen molar-refractivity contribution in [2.75, 3.05) is 6.54 Å². The Labute approximate surface area is 222 Å². The van der Waals surface area contributed by atoms with Crippen molar-refractivity contribution in [3.05, 3.63) is 105 Å². The molecule has 1 N–H and O–H groups in total. The van der Waals surface area contributed by atoms with Gasteiger partial charge in [-0.05, 0) is 40.8 Å². The van der Waals surface area contributed by atoms with E-state index in [2.05, 4.69) is 5.32 Å². The van der Waals surface area contributed by atoms with Gasteiger partial charge >= 0.3 is 0 Å². The lowest BCUT2D eigenvalue weighted by molar-refractivity contribution is -0.140. The summed E-state index contributed by atoms with van der Waals surface area (Å²) in [6.45, 7) is 4.73. The predicted octanol–water partition coefficient (Wildman–Crippen LogP) is 6.60. The molecule has 0 heterocycles. The smallest absolute Gasteiger partial charge is 0.243 e. The van der Waals surface area contributed by atoms with Gasteiger partial charge in [-0.2, -0.15) is 0 Å². The fourth-order valence-electron chi connectivity index (χ4n) is 3.72. The highest BCUT2D eigenvalue weighted by molar-refractivity contribution is 6.35. The van der Waals surface area contributed by atoms with Crippen LogP contribution in [0.3, 0.4) is 0 Å². The summed E-state index contributed by atoms with van der Waals surface area (Å²) >= 11 is 18.9. The minimum atomic E-state index is -0.738. The first-order valence-electron chi connectivity index (χ1n) is 11.5. The number of carbonyl (C=O) groups is 2. The van der Waals surface area contributed by atoms with Gasteiger partial charge in [0.2, 0.25) is 11.8 Å². The summed E-state index contributed by atoms with van der Waals surface area (Å²) < 4.78 is 0. The number of carbonyl (C=O) groups excluding carboxylic acids is 2. The maximum Gasteiger partial charge on any atom is 0.243 e. The molecule has 0 aliphatic rings. The van der Waals surface area contributed by atoms with Gasteiger partial charge in [-0.15, -0.1) is 0 Å². The second kappa shape index (κ2) is 13.0. The number of rotatable bonds is 10. The zero-order valence-corrected chi connectivity index (χ0v) is 22.1. The summed E-state index contributed by atoms with van der Waals surface area (Å²) in [5, 5.41) is 4.46. The Morgan fingerprint density at radius 1 is 0.857 bits per heavy atom. The Bertz CT molecular complexity index is 1150. The maximum atomic E-state index is 13.7. The highest BCUT2D eigenvalue weighted by Gasteiger charge is 2.31. The van der Waals surface area contributed by atoms with Crippen LogP contribution in [0.15, 0.2) is 72.8 Å². The van der Waals surface area contributed by atoms with Crippen molar-refractivity contribution in [3.8, 4) is 0 Å². The molecule has 0 fully saturated rings. The predicted molar refractivity (Wildman–Crippen MR) is 144 cm³/mol. The summed E-state index contributed by atoms with van der Waals surface area (Å²) in [6, 6.07) is 21.3. The zero-order valence-electron chi connectivity index (χ0n) is 19.8. The van der Waals surface area contributed by atoms with E-state index >= 15 is 0 Å². The van der Waals surface area contributed by atoms with Gasteiger partial charge in [0.05, 0.1) is 6.42 Å². The largest absolute Gasteiger partial charge is 0.354 e. The molecule has 0 unspecified atom stereocenters. The molecule has 2 amide bonds. The summed E-state index contributed by atoms with van der Waals surface area (Å²) in [4.78, 5) is 28.8. The molecule has 35 heavy (non-hydrogen) atoms. The van der Waals surface area contributed by atoms with Crippen LogP contribution in [0.1, 0.15) is 30.5 Å². The summed E-state index contributed by atoms with van der Waals surface area (Å²) in [7, 11) is 0. The Morgan fingerprint density at radius 3 is 2.20 bits per heavy atom. The first kappa shape index (κ1) is 27.1. The van der Waals surface area contributed by atoms with Gasteiger partial charge in [-0.1, -0.05) is 103 Å². The fourth-order valence-corrected chi connectivity index (χ4v) is 4.39. The molecule has 0 saturated heterocycles. The van der Waals surface area contributed by atoms with Gasteiger partial charge < -0.3 is 10.2 Å². The summed E-state index contributed by atoms with van der Waals surface area (Å²) in [6.07, 6.45) is 0.428. The Morgan fingerprint density at radius 2 is 1.54 bits per heavy atom. The van der Waals surface area contributed by atoms with E-state index < -0.39 is 6.04 Å². The van der Waals surface area contributed by atoms with Crippen LogP contribution in [0.4, 0.5) is 0 Å². The number of nitrogens with zero attached hydrogens (tertiary/aromatic N) is 1. The third kappa shape index (κ3) is 7.99. The Kier molecular flexibility index (Phi) is 10.0. The molecule has 0 bridgehead atoms. The van der Waals surface area contributed by atoms with Crippen molar-refractivity contribution in [3.63, 3.8) is 0 Å². The molecule has 7 heteroatoms. The molecular formula is C28H29Cl3N2O2. The van der Waals surface area contributed by atoms with Crippen LogP contribution in [0, 0.1) is 5.92 Å². The van der Waals surface area contributed by atoms with Gasteiger partial charge in [0.15, 0.2) is 0 Å². The number of nitrogens with one attached hydrogen (secondary N) is 1. The molecule has 3 aromatic carbocycles. The van der Waals surface area contributed by atoms with Crippen molar-refractivity contribution >= 4 is 46.6 Å². The third-order valence-corrected chi connectivity index (χ3v) is 6.57. The number of benzene rings is 3. The monoisotopic (exact) mass is 530 g/mol. The Balaban J connectivity index is 2.00. The molecule has 0 aliphatic carbocycles. The molecule has 0 spiro atoms. The van der Waals surface area contributed by atoms with E-state index in [1.54, 1.807) is 29.2 Å².